The van der Waals surface area contributed by atoms with Crippen LogP contribution in [0.2, 0.25) is 0 Å². The van der Waals surface area contributed by atoms with Crippen molar-refractivity contribution in [3.8, 4) is 0 Å². The Kier molecular flexibility index (Phi) is 3.40. The van der Waals surface area contributed by atoms with E-state index in [4.69, 9.17) is 0 Å². The Labute approximate surface area is 97.3 Å². The summed E-state index contributed by atoms with van der Waals surface area (Å²) >= 11 is 0. The lowest BCUT2D eigenvalue weighted by molar-refractivity contribution is 0.826. The van der Waals surface area contributed by atoms with Crippen LogP contribution in [0.5, 0.6) is 0 Å². The van der Waals surface area contributed by atoms with E-state index in [2.05, 4.69) is 54.3 Å². The maximum absolute atomic E-state index is 4.30. The maximum atomic E-state index is 4.30. The molecule has 0 spiro atoms. The summed E-state index contributed by atoms with van der Waals surface area (Å²) in [4.78, 5) is 6.41. The summed E-state index contributed by atoms with van der Waals surface area (Å²) in [6.07, 6.45) is 6.56. The van der Waals surface area contributed by atoms with Gasteiger partial charge in [0.25, 0.3) is 0 Å². The number of rotatable bonds is 2. The zero-order valence-corrected chi connectivity index (χ0v) is 9.98. The third kappa shape index (κ3) is 2.72. The van der Waals surface area contributed by atoms with Crippen LogP contribution < -0.4 is 4.90 Å². The molecule has 1 aliphatic heterocycles. The molecule has 0 amide bonds. The molecule has 0 unspecified atom stereocenters. The van der Waals surface area contributed by atoms with E-state index in [9.17, 15) is 0 Å². The molecular formula is C14H18N2. The molecule has 1 aromatic carbocycles. The second kappa shape index (κ2) is 4.97. The third-order valence-electron chi connectivity index (χ3n) is 2.77. The van der Waals surface area contributed by atoms with Crippen LogP contribution in [-0.4, -0.2) is 26.9 Å². The Morgan fingerprint density at radius 1 is 1.19 bits per heavy atom. The second-order valence-corrected chi connectivity index (χ2v) is 4.34. The first-order chi connectivity index (χ1) is 7.75. The smallest absolute Gasteiger partial charge is 0.0392 e. The van der Waals surface area contributed by atoms with Gasteiger partial charge in [0.15, 0.2) is 0 Å². The molecule has 1 aliphatic rings. The number of allylic oxidation sites excluding steroid dienone is 1. The molecule has 0 atom stereocenters. The maximum Gasteiger partial charge on any atom is 0.0392 e. The van der Waals surface area contributed by atoms with Gasteiger partial charge < -0.3 is 4.90 Å². The van der Waals surface area contributed by atoms with Crippen molar-refractivity contribution in [2.45, 2.75) is 12.8 Å². The van der Waals surface area contributed by atoms with Crippen molar-refractivity contribution in [3.05, 3.63) is 35.4 Å². The van der Waals surface area contributed by atoms with Gasteiger partial charge in [0.2, 0.25) is 0 Å². The van der Waals surface area contributed by atoms with E-state index in [1.54, 1.807) is 0 Å². The molecule has 0 saturated heterocycles. The summed E-state index contributed by atoms with van der Waals surface area (Å²) < 4.78 is 0. The number of nitrogens with zero attached hydrogens (tertiary/aromatic N) is 2. The van der Waals surface area contributed by atoms with Crippen molar-refractivity contribution >= 4 is 18.0 Å². The van der Waals surface area contributed by atoms with Gasteiger partial charge in [0.1, 0.15) is 0 Å². The number of hydrogen-bond acceptors (Lipinski definition) is 2. The third-order valence-corrected chi connectivity index (χ3v) is 2.77. The van der Waals surface area contributed by atoms with Gasteiger partial charge in [-0.25, -0.2) is 0 Å². The van der Waals surface area contributed by atoms with Crippen LogP contribution in [0.3, 0.4) is 0 Å². The van der Waals surface area contributed by atoms with Crippen LogP contribution in [0, 0.1) is 0 Å². The molecule has 0 N–H and O–H groups in total. The zero-order valence-electron chi connectivity index (χ0n) is 9.98. The van der Waals surface area contributed by atoms with Gasteiger partial charge in [0.05, 0.1) is 0 Å². The molecule has 0 fully saturated rings. The van der Waals surface area contributed by atoms with Crippen molar-refractivity contribution in [1.82, 2.24) is 0 Å². The standard InChI is InChI=1S/C14H18N2/c1-16(2)14-7-5-12(6-8-14)10-13-4-3-9-15-11-13/h5-8,10-11H,3-4,9H2,1-2H3/b13-10+. The highest BCUT2D eigenvalue weighted by Crippen LogP contribution is 2.17. The molecule has 0 saturated carbocycles. The molecular weight excluding hydrogens is 196 g/mol. The largest absolute Gasteiger partial charge is 0.378 e. The van der Waals surface area contributed by atoms with E-state index in [1.165, 1.54) is 23.2 Å². The van der Waals surface area contributed by atoms with E-state index in [0.29, 0.717) is 0 Å². The minimum atomic E-state index is 0.983. The lowest BCUT2D eigenvalue weighted by Crippen LogP contribution is -2.07. The fourth-order valence-electron chi connectivity index (χ4n) is 1.81. The fraction of sp³-hybridized carbons (Fsp3) is 0.357. The normalized spacial score (nSPS) is 17.8. The molecule has 2 heteroatoms. The topological polar surface area (TPSA) is 15.6 Å². The van der Waals surface area contributed by atoms with Crippen LogP contribution in [0.1, 0.15) is 18.4 Å². The summed E-state index contributed by atoms with van der Waals surface area (Å²) in [5.74, 6) is 0. The van der Waals surface area contributed by atoms with Crippen molar-refractivity contribution in [2.75, 3.05) is 25.5 Å². The molecule has 2 rings (SSSR count). The molecule has 0 aromatic heterocycles. The Bertz CT molecular complexity index is 399. The highest BCUT2D eigenvalue weighted by atomic mass is 15.1. The summed E-state index contributed by atoms with van der Waals surface area (Å²) in [6.45, 7) is 0.983. The Hall–Kier alpha value is -1.57. The van der Waals surface area contributed by atoms with Gasteiger partial charge in [-0.15, -0.1) is 0 Å². The fourth-order valence-corrected chi connectivity index (χ4v) is 1.81. The van der Waals surface area contributed by atoms with Crippen LogP contribution in [0.25, 0.3) is 6.08 Å². The quantitative estimate of drug-likeness (QED) is 0.739. The Morgan fingerprint density at radius 2 is 1.94 bits per heavy atom. The lowest BCUT2D eigenvalue weighted by atomic mass is 10.1. The minimum Gasteiger partial charge on any atom is -0.378 e. The van der Waals surface area contributed by atoms with E-state index in [-0.39, 0.29) is 0 Å². The highest BCUT2D eigenvalue weighted by molar-refractivity contribution is 5.86. The van der Waals surface area contributed by atoms with Gasteiger partial charge in [-0.3, -0.25) is 4.99 Å². The van der Waals surface area contributed by atoms with Crippen LogP contribution in [-0.2, 0) is 0 Å². The van der Waals surface area contributed by atoms with Crippen molar-refractivity contribution in [1.29, 1.82) is 0 Å². The second-order valence-electron chi connectivity index (χ2n) is 4.34. The van der Waals surface area contributed by atoms with Gasteiger partial charge in [-0.2, -0.15) is 0 Å². The van der Waals surface area contributed by atoms with Crippen molar-refractivity contribution < 1.29 is 0 Å². The van der Waals surface area contributed by atoms with E-state index >= 15 is 0 Å². The van der Waals surface area contributed by atoms with Gasteiger partial charge in [0, 0.05) is 32.5 Å². The number of benzene rings is 1. The Balaban J connectivity index is 2.15. The monoisotopic (exact) mass is 214 g/mol. The van der Waals surface area contributed by atoms with E-state index < -0.39 is 0 Å². The molecule has 2 nitrogen and oxygen atoms in total. The van der Waals surface area contributed by atoms with Crippen molar-refractivity contribution in [2.24, 2.45) is 4.99 Å². The summed E-state index contributed by atoms with van der Waals surface area (Å²) in [6, 6.07) is 8.61. The van der Waals surface area contributed by atoms with E-state index in [0.717, 1.165) is 13.0 Å². The molecule has 1 heterocycles. The summed E-state index contributed by atoms with van der Waals surface area (Å²) in [7, 11) is 4.11. The van der Waals surface area contributed by atoms with E-state index in [1.807, 2.05) is 6.21 Å². The van der Waals surface area contributed by atoms with Crippen molar-refractivity contribution in [3.63, 3.8) is 0 Å². The molecule has 0 aliphatic carbocycles. The van der Waals surface area contributed by atoms with Gasteiger partial charge in [-0.1, -0.05) is 18.2 Å². The average Bonchev–Trinajstić information content (AvgIpc) is 2.31. The number of hydrogen-bond donors (Lipinski definition) is 0. The predicted molar refractivity (Wildman–Crippen MR) is 71.3 cm³/mol. The van der Waals surface area contributed by atoms with Crippen LogP contribution in [0.15, 0.2) is 34.8 Å². The minimum absolute atomic E-state index is 0.983. The van der Waals surface area contributed by atoms with Crippen LogP contribution in [0.4, 0.5) is 5.69 Å². The first kappa shape index (κ1) is 10.9. The molecule has 84 valence electrons. The first-order valence-electron chi connectivity index (χ1n) is 5.73. The van der Waals surface area contributed by atoms with Gasteiger partial charge in [-0.05, 0) is 36.1 Å². The summed E-state index contributed by atoms with van der Waals surface area (Å²) in [5, 5.41) is 0. The molecule has 1 aromatic rings. The number of anilines is 1. The van der Waals surface area contributed by atoms with Crippen LogP contribution >= 0.6 is 0 Å². The predicted octanol–water partition coefficient (Wildman–Crippen LogP) is 3.00. The number of aliphatic imine (C=N–C) groups is 1. The molecule has 0 radical (unpaired) electrons. The van der Waals surface area contributed by atoms with Gasteiger partial charge >= 0.3 is 0 Å². The Morgan fingerprint density at radius 3 is 2.50 bits per heavy atom. The molecule has 0 bridgehead atoms. The lowest BCUT2D eigenvalue weighted by Gasteiger charge is -2.12. The average molecular weight is 214 g/mol. The first-order valence-corrected chi connectivity index (χ1v) is 5.73. The SMILES string of the molecule is CN(C)c1ccc(/C=C2/C=NCCC2)cc1. The highest BCUT2D eigenvalue weighted by Gasteiger charge is 2.00. The zero-order chi connectivity index (χ0) is 11.4. The molecule has 16 heavy (non-hydrogen) atoms. The summed E-state index contributed by atoms with van der Waals surface area (Å²) in [5.41, 5.74) is 3.83.